The van der Waals surface area contributed by atoms with Crippen LogP contribution in [0.4, 0.5) is 11.4 Å². The van der Waals surface area contributed by atoms with Crippen LogP contribution in [0.2, 0.25) is 0 Å². The Morgan fingerprint density at radius 1 is 1.16 bits per heavy atom. The molecule has 0 bridgehead atoms. The van der Waals surface area contributed by atoms with Crippen molar-refractivity contribution in [2.45, 2.75) is 51.9 Å². The quantitative estimate of drug-likeness (QED) is 0.793. The number of hydrogen-bond acceptors (Lipinski definition) is 2. The van der Waals surface area contributed by atoms with Crippen molar-refractivity contribution in [3.05, 3.63) is 23.8 Å². The molecule has 2 rings (SSSR count). The fourth-order valence-electron chi connectivity index (χ4n) is 2.74. The average Bonchev–Trinajstić information content (AvgIpc) is 2.34. The van der Waals surface area contributed by atoms with E-state index in [1.807, 2.05) is 25.1 Å². The van der Waals surface area contributed by atoms with Gasteiger partial charge in [0, 0.05) is 17.3 Å². The van der Waals surface area contributed by atoms with Crippen LogP contribution < -0.4 is 11.1 Å². The van der Waals surface area contributed by atoms with Gasteiger partial charge in [0.2, 0.25) is 5.91 Å². The van der Waals surface area contributed by atoms with Gasteiger partial charge in [-0.3, -0.25) is 4.79 Å². The maximum atomic E-state index is 12.3. The fourth-order valence-corrected chi connectivity index (χ4v) is 2.74. The summed E-state index contributed by atoms with van der Waals surface area (Å²) in [6, 6.07) is 5.67. The molecule has 3 heteroatoms. The van der Waals surface area contributed by atoms with Gasteiger partial charge in [0.05, 0.1) is 0 Å². The normalized spacial score (nSPS) is 17.5. The average molecular weight is 260 g/mol. The molecule has 0 spiro atoms. The summed E-state index contributed by atoms with van der Waals surface area (Å²) in [5, 5.41) is 3.05. The molecule has 3 N–H and O–H groups in total. The Labute approximate surface area is 115 Å². The molecule has 0 aliphatic heterocycles. The third-order valence-corrected chi connectivity index (χ3v) is 4.11. The highest BCUT2D eigenvalue weighted by Crippen LogP contribution is 2.25. The van der Waals surface area contributed by atoms with Gasteiger partial charge in [0.15, 0.2) is 0 Å². The second-order valence-electron chi connectivity index (χ2n) is 5.55. The minimum absolute atomic E-state index is 0.163. The van der Waals surface area contributed by atoms with Gasteiger partial charge in [-0.2, -0.15) is 0 Å². The summed E-state index contributed by atoms with van der Waals surface area (Å²) in [6.45, 7) is 1.95. The van der Waals surface area contributed by atoms with Gasteiger partial charge in [-0.25, -0.2) is 0 Å². The molecular weight excluding hydrogens is 236 g/mol. The van der Waals surface area contributed by atoms with Gasteiger partial charge in [-0.1, -0.05) is 38.2 Å². The molecule has 1 amide bonds. The smallest absolute Gasteiger partial charge is 0.227 e. The molecule has 0 atom stereocenters. The summed E-state index contributed by atoms with van der Waals surface area (Å²) in [5.74, 6) is 0.330. The van der Waals surface area contributed by atoms with E-state index in [0.29, 0.717) is 0 Å². The Morgan fingerprint density at radius 3 is 2.47 bits per heavy atom. The van der Waals surface area contributed by atoms with E-state index in [0.717, 1.165) is 29.8 Å². The van der Waals surface area contributed by atoms with Crippen molar-refractivity contribution >= 4 is 17.3 Å². The summed E-state index contributed by atoms with van der Waals surface area (Å²) in [5.41, 5.74) is 8.41. The van der Waals surface area contributed by atoms with Gasteiger partial charge in [0.1, 0.15) is 0 Å². The van der Waals surface area contributed by atoms with Crippen LogP contribution in [0.3, 0.4) is 0 Å². The molecule has 0 unspecified atom stereocenters. The molecule has 0 radical (unpaired) electrons. The maximum Gasteiger partial charge on any atom is 0.227 e. The van der Waals surface area contributed by atoms with Gasteiger partial charge in [0.25, 0.3) is 0 Å². The lowest BCUT2D eigenvalue weighted by Crippen LogP contribution is -2.24. The van der Waals surface area contributed by atoms with Crippen LogP contribution in [-0.2, 0) is 4.79 Å². The molecule has 1 aliphatic rings. The molecule has 1 saturated carbocycles. The minimum Gasteiger partial charge on any atom is -0.398 e. The van der Waals surface area contributed by atoms with E-state index in [9.17, 15) is 4.79 Å². The second-order valence-corrected chi connectivity index (χ2v) is 5.55. The summed E-state index contributed by atoms with van der Waals surface area (Å²) in [4.78, 5) is 12.3. The molecule has 3 nitrogen and oxygen atoms in total. The number of carbonyl (C=O) groups excluding carboxylic acids is 1. The number of nitrogen functional groups attached to an aromatic ring is 1. The van der Waals surface area contributed by atoms with Gasteiger partial charge >= 0.3 is 0 Å². The van der Waals surface area contributed by atoms with E-state index in [1.54, 1.807) is 0 Å². The lowest BCUT2D eigenvalue weighted by atomic mass is 9.90. The van der Waals surface area contributed by atoms with E-state index in [-0.39, 0.29) is 11.8 Å². The number of nitrogens with one attached hydrogen (secondary N) is 1. The highest BCUT2D eigenvalue weighted by atomic mass is 16.1. The third-order valence-electron chi connectivity index (χ3n) is 4.11. The summed E-state index contributed by atoms with van der Waals surface area (Å²) < 4.78 is 0. The Morgan fingerprint density at radius 2 is 1.79 bits per heavy atom. The zero-order valence-electron chi connectivity index (χ0n) is 11.7. The van der Waals surface area contributed by atoms with Gasteiger partial charge in [-0.05, 0) is 37.5 Å². The fraction of sp³-hybridized carbons (Fsp3) is 0.562. The van der Waals surface area contributed by atoms with Crippen molar-refractivity contribution in [3.63, 3.8) is 0 Å². The summed E-state index contributed by atoms with van der Waals surface area (Å²) in [6.07, 6.45) is 8.24. The Hall–Kier alpha value is -1.51. The lowest BCUT2D eigenvalue weighted by Gasteiger charge is -2.20. The zero-order valence-corrected chi connectivity index (χ0v) is 11.7. The van der Waals surface area contributed by atoms with E-state index in [4.69, 9.17) is 5.73 Å². The number of carbonyl (C=O) groups is 1. The minimum atomic E-state index is 0.163. The van der Waals surface area contributed by atoms with Crippen LogP contribution in [0, 0.1) is 12.8 Å². The second kappa shape index (κ2) is 6.60. The number of hydrogen-bond donors (Lipinski definition) is 2. The van der Waals surface area contributed by atoms with Crippen molar-refractivity contribution < 1.29 is 4.79 Å². The van der Waals surface area contributed by atoms with Crippen LogP contribution in [-0.4, -0.2) is 5.91 Å². The van der Waals surface area contributed by atoms with E-state index in [2.05, 4.69) is 5.32 Å². The Balaban J connectivity index is 2.01. The number of amides is 1. The van der Waals surface area contributed by atoms with Crippen molar-refractivity contribution in [1.82, 2.24) is 0 Å². The van der Waals surface area contributed by atoms with Crippen LogP contribution in [0.5, 0.6) is 0 Å². The van der Waals surface area contributed by atoms with E-state index >= 15 is 0 Å². The molecule has 0 saturated heterocycles. The molecule has 1 aromatic rings. The molecule has 19 heavy (non-hydrogen) atoms. The van der Waals surface area contributed by atoms with Crippen LogP contribution in [0.1, 0.15) is 50.5 Å². The Bertz CT molecular complexity index is 434. The molecule has 0 heterocycles. The summed E-state index contributed by atoms with van der Waals surface area (Å²) >= 11 is 0. The molecule has 1 aliphatic carbocycles. The number of nitrogens with two attached hydrogens (primary N) is 1. The first-order valence-electron chi connectivity index (χ1n) is 7.34. The highest BCUT2D eigenvalue weighted by molar-refractivity contribution is 5.93. The zero-order chi connectivity index (χ0) is 13.7. The van der Waals surface area contributed by atoms with Crippen molar-refractivity contribution in [2.24, 2.45) is 5.92 Å². The maximum absolute atomic E-state index is 12.3. The van der Waals surface area contributed by atoms with E-state index < -0.39 is 0 Å². The van der Waals surface area contributed by atoms with Gasteiger partial charge < -0.3 is 11.1 Å². The largest absolute Gasteiger partial charge is 0.398 e. The predicted octanol–water partition coefficient (Wildman–Crippen LogP) is 3.88. The van der Waals surface area contributed by atoms with Crippen LogP contribution >= 0.6 is 0 Å². The van der Waals surface area contributed by atoms with Crippen molar-refractivity contribution in [2.75, 3.05) is 11.1 Å². The standard InChI is InChI=1S/C16H24N2O/c1-12-14(17)10-7-11-15(12)18-16(19)13-8-5-3-2-4-6-9-13/h7,10-11,13H,2-6,8-9,17H2,1H3,(H,18,19). The number of rotatable bonds is 2. The van der Waals surface area contributed by atoms with E-state index in [1.165, 1.54) is 32.1 Å². The third kappa shape index (κ3) is 3.72. The molecular formula is C16H24N2O. The van der Waals surface area contributed by atoms with Crippen LogP contribution in [0.25, 0.3) is 0 Å². The first-order valence-corrected chi connectivity index (χ1v) is 7.34. The molecule has 104 valence electrons. The first kappa shape index (κ1) is 13.9. The first-order chi connectivity index (χ1) is 9.18. The van der Waals surface area contributed by atoms with Crippen LogP contribution in [0.15, 0.2) is 18.2 Å². The van der Waals surface area contributed by atoms with Crippen molar-refractivity contribution in [3.8, 4) is 0 Å². The lowest BCUT2D eigenvalue weighted by molar-refractivity contribution is -0.120. The number of benzene rings is 1. The highest BCUT2D eigenvalue weighted by Gasteiger charge is 2.19. The monoisotopic (exact) mass is 260 g/mol. The molecule has 0 aromatic heterocycles. The topological polar surface area (TPSA) is 55.1 Å². The summed E-state index contributed by atoms with van der Waals surface area (Å²) in [7, 11) is 0. The molecule has 1 fully saturated rings. The number of anilines is 2. The van der Waals surface area contributed by atoms with Crippen molar-refractivity contribution in [1.29, 1.82) is 0 Å². The molecule has 1 aromatic carbocycles. The predicted molar refractivity (Wildman–Crippen MR) is 80.0 cm³/mol. The SMILES string of the molecule is Cc1c(N)cccc1NC(=O)C1CCCCCCC1. The van der Waals surface area contributed by atoms with Gasteiger partial charge in [-0.15, -0.1) is 0 Å². The Kier molecular flexibility index (Phi) is 4.83.